The number of hydrogen-bond acceptors (Lipinski definition) is 6. The van der Waals surface area contributed by atoms with Gasteiger partial charge in [-0.05, 0) is 6.07 Å². The Balaban J connectivity index is 2.52. The highest BCUT2D eigenvalue weighted by atomic mass is 19.3. The number of nitrogens with two attached hydrogens (primary N) is 1. The Morgan fingerprint density at radius 3 is 2.75 bits per heavy atom. The van der Waals surface area contributed by atoms with Gasteiger partial charge in [0.25, 0.3) is 0 Å². The standard InChI is InChI=1S/C11H13F2N3O4/c1-2-10(5-17)7(18)11(12,13)8(20-10)16-4-3-6(14)15-9(16)19/h2-4,7-8,17-18H,1,5H2,(H2,14,15,19). The van der Waals surface area contributed by atoms with E-state index in [4.69, 9.17) is 10.5 Å². The summed E-state index contributed by atoms with van der Waals surface area (Å²) in [7, 11) is 0. The summed E-state index contributed by atoms with van der Waals surface area (Å²) in [4.78, 5) is 14.9. The summed E-state index contributed by atoms with van der Waals surface area (Å²) in [6, 6.07) is 1.14. The largest absolute Gasteiger partial charge is 0.393 e. The molecule has 2 heterocycles. The van der Waals surface area contributed by atoms with Crippen molar-refractivity contribution in [2.45, 2.75) is 23.9 Å². The van der Waals surface area contributed by atoms with E-state index in [0.29, 0.717) is 4.57 Å². The molecule has 1 aliphatic heterocycles. The summed E-state index contributed by atoms with van der Waals surface area (Å²) in [5.74, 6) is -3.95. The smallest absolute Gasteiger partial charge is 0.351 e. The van der Waals surface area contributed by atoms with Crippen molar-refractivity contribution in [3.05, 3.63) is 35.4 Å². The van der Waals surface area contributed by atoms with E-state index < -0.39 is 36.2 Å². The molecule has 0 aromatic carbocycles. The number of nitrogens with zero attached hydrogens (tertiary/aromatic N) is 2. The Hall–Kier alpha value is -1.84. The second-order valence-corrected chi connectivity index (χ2v) is 4.41. The summed E-state index contributed by atoms with van der Waals surface area (Å²) >= 11 is 0. The first-order valence-electron chi connectivity index (χ1n) is 5.61. The second-order valence-electron chi connectivity index (χ2n) is 4.41. The molecule has 0 bridgehead atoms. The van der Waals surface area contributed by atoms with Gasteiger partial charge in [0.2, 0.25) is 6.23 Å². The first kappa shape index (κ1) is 14.6. The van der Waals surface area contributed by atoms with Crippen LogP contribution in [0.25, 0.3) is 0 Å². The highest BCUT2D eigenvalue weighted by Gasteiger charge is 2.65. The monoisotopic (exact) mass is 289 g/mol. The Morgan fingerprint density at radius 2 is 2.30 bits per heavy atom. The van der Waals surface area contributed by atoms with Gasteiger partial charge < -0.3 is 20.7 Å². The number of alkyl halides is 2. The van der Waals surface area contributed by atoms with Crippen molar-refractivity contribution in [3.63, 3.8) is 0 Å². The van der Waals surface area contributed by atoms with Gasteiger partial charge in [-0.1, -0.05) is 6.08 Å². The first-order valence-corrected chi connectivity index (χ1v) is 5.61. The number of rotatable bonds is 3. The summed E-state index contributed by atoms with van der Waals surface area (Å²) in [6.07, 6.45) is -2.62. The average molecular weight is 289 g/mol. The Bertz CT molecular complexity index is 591. The molecule has 9 heteroatoms. The predicted octanol–water partition coefficient (Wildman–Crippen LogP) is -0.732. The van der Waals surface area contributed by atoms with E-state index in [9.17, 15) is 23.8 Å². The zero-order chi connectivity index (χ0) is 15.1. The van der Waals surface area contributed by atoms with Crippen LogP contribution >= 0.6 is 0 Å². The van der Waals surface area contributed by atoms with Crippen molar-refractivity contribution in [1.29, 1.82) is 0 Å². The minimum absolute atomic E-state index is 0.134. The van der Waals surface area contributed by atoms with Crippen molar-refractivity contribution in [2.24, 2.45) is 0 Å². The number of aliphatic hydroxyl groups excluding tert-OH is 2. The van der Waals surface area contributed by atoms with E-state index in [1.54, 1.807) is 0 Å². The molecule has 4 N–H and O–H groups in total. The SMILES string of the molecule is C=CC1(CO)OC(n2ccc(N)nc2=O)C(F)(F)C1O. The summed E-state index contributed by atoms with van der Waals surface area (Å²) in [5.41, 5.74) is 2.15. The molecular weight excluding hydrogens is 276 g/mol. The number of hydrogen-bond donors (Lipinski definition) is 3. The van der Waals surface area contributed by atoms with Crippen LogP contribution in [0.5, 0.6) is 0 Å². The summed E-state index contributed by atoms with van der Waals surface area (Å²) in [5, 5.41) is 18.9. The predicted molar refractivity (Wildman–Crippen MR) is 64.0 cm³/mol. The van der Waals surface area contributed by atoms with Gasteiger partial charge in [-0.25, -0.2) is 4.79 Å². The molecule has 0 spiro atoms. The summed E-state index contributed by atoms with van der Waals surface area (Å²) in [6.45, 7) is 2.35. The van der Waals surface area contributed by atoms with E-state index in [-0.39, 0.29) is 5.82 Å². The number of aliphatic hydroxyl groups is 2. The molecule has 2 rings (SSSR count). The topological polar surface area (TPSA) is 111 Å². The zero-order valence-corrected chi connectivity index (χ0v) is 10.2. The Kier molecular flexibility index (Phi) is 3.36. The number of ether oxygens (including phenoxy) is 1. The molecule has 0 radical (unpaired) electrons. The van der Waals surface area contributed by atoms with Crippen LogP contribution in [0.4, 0.5) is 14.6 Å². The fraction of sp³-hybridized carbons (Fsp3) is 0.455. The zero-order valence-electron chi connectivity index (χ0n) is 10.2. The van der Waals surface area contributed by atoms with Crippen LogP contribution in [0, 0.1) is 0 Å². The van der Waals surface area contributed by atoms with Gasteiger partial charge in [0.15, 0.2) is 6.10 Å². The fourth-order valence-electron chi connectivity index (χ4n) is 2.01. The third-order valence-electron chi connectivity index (χ3n) is 3.18. The molecule has 0 saturated carbocycles. The molecule has 20 heavy (non-hydrogen) atoms. The Morgan fingerprint density at radius 1 is 1.65 bits per heavy atom. The lowest BCUT2D eigenvalue weighted by molar-refractivity contribution is -0.142. The second kappa shape index (κ2) is 4.62. The molecule has 110 valence electrons. The molecule has 3 unspecified atom stereocenters. The molecule has 0 aliphatic carbocycles. The van der Waals surface area contributed by atoms with Crippen LogP contribution < -0.4 is 11.4 Å². The van der Waals surface area contributed by atoms with Crippen molar-refractivity contribution in [1.82, 2.24) is 9.55 Å². The van der Waals surface area contributed by atoms with E-state index in [1.165, 1.54) is 0 Å². The number of nitrogen functional groups attached to an aromatic ring is 1. The summed E-state index contributed by atoms with van der Waals surface area (Å²) < 4.78 is 33.7. The van der Waals surface area contributed by atoms with Crippen LogP contribution in [-0.4, -0.2) is 44.0 Å². The fourth-order valence-corrected chi connectivity index (χ4v) is 2.01. The third-order valence-corrected chi connectivity index (χ3v) is 3.18. The molecule has 1 aromatic heterocycles. The quantitative estimate of drug-likeness (QED) is 0.633. The average Bonchev–Trinajstić information content (AvgIpc) is 2.60. The Labute approximate surface area is 111 Å². The molecule has 1 aliphatic rings. The van der Waals surface area contributed by atoms with Gasteiger partial charge in [-0.2, -0.15) is 13.8 Å². The molecule has 1 aromatic rings. The molecule has 0 amide bonds. The van der Waals surface area contributed by atoms with Gasteiger partial charge >= 0.3 is 11.6 Å². The lowest BCUT2D eigenvalue weighted by Gasteiger charge is -2.25. The van der Waals surface area contributed by atoms with Gasteiger partial charge in [0, 0.05) is 6.20 Å². The number of halogens is 2. The van der Waals surface area contributed by atoms with Crippen molar-refractivity contribution in [3.8, 4) is 0 Å². The maximum Gasteiger partial charge on any atom is 0.351 e. The van der Waals surface area contributed by atoms with Crippen molar-refractivity contribution in [2.75, 3.05) is 12.3 Å². The lowest BCUT2D eigenvalue weighted by Crippen LogP contribution is -2.47. The highest BCUT2D eigenvalue weighted by Crippen LogP contribution is 2.47. The lowest BCUT2D eigenvalue weighted by atomic mass is 9.96. The third kappa shape index (κ3) is 1.90. The van der Waals surface area contributed by atoms with E-state index >= 15 is 0 Å². The van der Waals surface area contributed by atoms with Crippen molar-refractivity contribution < 1.29 is 23.7 Å². The normalized spacial score (nSPS) is 32.2. The van der Waals surface area contributed by atoms with Gasteiger partial charge in [-0.3, -0.25) is 4.57 Å². The van der Waals surface area contributed by atoms with E-state index in [1.807, 2.05) is 0 Å². The van der Waals surface area contributed by atoms with Crippen LogP contribution in [0.1, 0.15) is 6.23 Å². The number of anilines is 1. The van der Waals surface area contributed by atoms with Gasteiger partial charge in [0.05, 0.1) is 6.61 Å². The maximum absolute atomic E-state index is 14.1. The van der Waals surface area contributed by atoms with Crippen LogP contribution in [-0.2, 0) is 4.74 Å². The molecule has 1 saturated heterocycles. The number of aromatic nitrogens is 2. The highest BCUT2D eigenvalue weighted by molar-refractivity contribution is 5.24. The van der Waals surface area contributed by atoms with Crippen molar-refractivity contribution >= 4 is 5.82 Å². The van der Waals surface area contributed by atoms with E-state index in [2.05, 4.69) is 11.6 Å². The van der Waals surface area contributed by atoms with Gasteiger partial charge in [-0.15, -0.1) is 6.58 Å². The maximum atomic E-state index is 14.1. The molecule has 7 nitrogen and oxygen atoms in total. The molecule has 3 atom stereocenters. The molecular formula is C11H13F2N3O4. The molecule has 1 fully saturated rings. The van der Waals surface area contributed by atoms with Crippen LogP contribution in [0.2, 0.25) is 0 Å². The van der Waals surface area contributed by atoms with E-state index in [0.717, 1.165) is 18.3 Å². The van der Waals surface area contributed by atoms with Gasteiger partial charge in [0.1, 0.15) is 11.4 Å². The van der Waals surface area contributed by atoms with Crippen LogP contribution in [0.15, 0.2) is 29.7 Å². The minimum atomic E-state index is -3.82. The minimum Gasteiger partial charge on any atom is -0.393 e. The van der Waals surface area contributed by atoms with Crippen LogP contribution in [0.3, 0.4) is 0 Å². The first-order chi connectivity index (χ1) is 9.28.